The van der Waals surface area contributed by atoms with Crippen LogP contribution >= 0.6 is 0 Å². The van der Waals surface area contributed by atoms with Crippen LogP contribution in [0.3, 0.4) is 0 Å². The summed E-state index contributed by atoms with van der Waals surface area (Å²) in [6.45, 7) is 2.24. The first kappa shape index (κ1) is 11.9. The molecule has 1 unspecified atom stereocenters. The third-order valence-electron chi connectivity index (χ3n) is 2.93. The molecule has 0 aromatic heterocycles. The van der Waals surface area contributed by atoms with Gasteiger partial charge in [0.15, 0.2) is 6.61 Å². The molecule has 1 heterocycles. The summed E-state index contributed by atoms with van der Waals surface area (Å²) >= 11 is 0. The van der Waals surface area contributed by atoms with Crippen molar-refractivity contribution < 1.29 is 9.53 Å². The van der Waals surface area contributed by atoms with Gasteiger partial charge in [-0.15, -0.1) is 0 Å². The smallest absolute Gasteiger partial charge is 0.262 e. The highest BCUT2D eigenvalue weighted by Crippen LogP contribution is 2.31. The summed E-state index contributed by atoms with van der Waals surface area (Å²) < 4.78 is 5.30. The van der Waals surface area contributed by atoms with Crippen molar-refractivity contribution in [1.29, 1.82) is 0 Å². The van der Waals surface area contributed by atoms with Crippen molar-refractivity contribution in [2.75, 3.05) is 11.9 Å². The van der Waals surface area contributed by atoms with E-state index in [9.17, 15) is 4.79 Å². The minimum Gasteiger partial charge on any atom is -0.482 e. The fourth-order valence-electron chi connectivity index (χ4n) is 1.92. The second-order valence-corrected chi connectivity index (χ2v) is 4.34. The number of amides is 1. The summed E-state index contributed by atoms with van der Waals surface area (Å²) in [5.41, 5.74) is 7.87. The van der Waals surface area contributed by atoms with Crippen molar-refractivity contribution in [2.24, 2.45) is 5.73 Å². The predicted molar refractivity (Wildman–Crippen MR) is 67.0 cm³/mol. The Morgan fingerprint density at radius 3 is 3.12 bits per heavy atom. The van der Waals surface area contributed by atoms with Crippen LogP contribution in [0.1, 0.15) is 37.8 Å². The molecule has 17 heavy (non-hydrogen) atoms. The average molecular weight is 234 g/mol. The lowest BCUT2D eigenvalue weighted by Gasteiger charge is -2.20. The number of carbonyl (C=O) groups excluding carboxylic acids is 1. The Morgan fingerprint density at radius 2 is 2.35 bits per heavy atom. The zero-order valence-electron chi connectivity index (χ0n) is 10.0. The van der Waals surface area contributed by atoms with Gasteiger partial charge in [0.05, 0.1) is 5.69 Å². The first-order valence-corrected chi connectivity index (χ1v) is 6.03. The van der Waals surface area contributed by atoms with Gasteiger partial charge in [-0.3, -0.25) is 4.79 Å². The van der Waals surface area contributed by atoms with E-state index in [1.807, 2.05) is 18.2 Å². The minimum atomic E-state index is -0.114. The molecule has 0 saturated carbocycles. The maximum Gasteiger partial charge on any atom is 0.262 e. The van der Waals surface area contributed by atoms with Crippen molar-refractivity contribution in [1.82, 2.24) is 0 Å². The fraction of sp³-hybridized carbons (Fsp3) is 0.462. The summed E-state index contributed by atoms with van der Waals surface area (Å²) in [6.07, 6.45) is 3.21. The summed E-state index contributed by atoms with van der Waals surface area (Å²) in [7, 11) is 0. The maximum absolute atomic E-state index is 11.2. The lowest BCUT2D eigenvalue weighted by atomic mass is 10.0. The van der Waals surface area contributed by atoms with Gasteiger partial charge >= 0.3 is 0 Å². The Labute approximate surface area is 101 Å². The van der Waals surface area contributed by atoms with Crippen molar-refractivity contribution in [3.8, 4) is 5.75 Å². The first-order valence-electron chi connectivity index (χ1n) is 6.03. The Morgan fingerprint density at radius 1 is 1.53 bits per heavy atom. The van der Waals surface area contributed by atoms with Gasteiger partial charge in [0, 0.05) is 6.04 Å². The van der Waals surface area contributed by atoms with Crippen LogP contribution < -0.4 is 15.8 Å². The highest BCUT2D eigenvalue weighted by atomic mass is 16.5. The molecule has 92 valence electrons. The highest BCUT2D eigenvalue weighted by Gasteiger charge is 2.17. The van der Waals surface area contributed by atoms with E-state index in [0.29, 0.717) is 0 Å². The Hall–Kier alpha value is -1.55. The largest absolute Gasteiger partial charge is 0.482 e. The Bertz CT molecular complexity index is 418. The molecule has 0 radical (unpaired) electrons. The molecule has 0 bridgehead atoms. The standard InChI is InChI=1S/C13H18N2O2/c1-2-3-4-10(14)9-5-6-12-11(7-9)15-13(16)8-17-12/h5-7,10H,2-4,8,14H2,1H3,(H,15,16). The molecule has 4 nitrogen and oxygen atoms in total. The van der Waals surface area contributed by atoms with Crippen LogP contribution in [-0.2, 0) is 4.79 Å². The number of benzene rings is 1. The number of ether oxygens (including phenoxy) is 1. The average Bonchev–Trinajstić information content (AvgIpc) is 2.35. The van der Waals surface area contributed by atoms with Gasteiger partial charge < -0.3 is 15.8 Å². The van der Waals surface area contributed by atoms with E-state index in [2.05, 4.69) is 12.2 Å². The van der Waals surface area contributed by atoms with Gasteiger partial charge in [-0.2, -0.15) is 0 Å². The zero-order valence-corrected chi connectivity index (χ0v) is 10.0. The lowest BCUT2D eigenvalue weighted by molar-refractivity contribution is -0.118. The predicted octanol–water partition coefficient (Wildman–Crippen LogP) is 2.21. The van der Waals surface area contributed by atoms with Gasteiger partial charge in [-0.25, -0.2) is 0 Å². The van der Waals surface area contributed by atoms with E-state index in [1.54, 1.807) is 0 Å². The van der Waals surface area contributed by atoms with Gasteiger partial charge in [-0.1, -0.05) is 25.8 Å². The molecule has 1 amide bonds. The zero-order chi connectivity index (χ0) is 12.3. The molecule has 1 aromatic rings. The van der Waals surface area contributed by atoms with Gasteiger partial charge in [0.25, 0.3) is 5.91 Å². The molecule has 0 fully saturated rings. The van der Waals surface area contributed by atoms with Crippen LogP contribution in [-0.4, -0.2) is 12.5 Å². The van der Waals surface area contributed by atoms with E-state index in [-0.39, 0.29) is 18.6 Å². The fourth-order valence-corrected chi connectivity index (χ4v) is 1.92. The van der Waals surface area contributed by atoms with E-state index >= 15 is 0 Å². The van der Waals surface area contributed by atoms with Gasteiger partial charge in [0.1, 0.15) is 5.75 Å². The van der Waals surface area contributed by atoms with Crippen LogP contribution in [0.2, 0.25) is 0 Å². The van der Waals surface area contributed by atoms with Crippen molar-refractivity contribution in [2.45, 2.75) is 32.2 Å². The Kier molecular flexibility index (Phi) is 3.64. The van der Waals surface area contributed by atoms with Crippen molar-refractivity contribution in [3.05, 3.63) is 23.8 Å². The molecule has 1 atom stereocenters. The monoisotopic (exact) mass is 234 g/mol. The number of fused-ring (bicyclic) bond motifs is 1. The van der Waals surface area contributed by atoms with E-state index in [4.69, 9.17) is 10.5 Å². The van der Waals surface area contributed by atoms with E-state index in [0.717, 1.165) is 36.3 Å². The van der Waals surface area contributed by atoms with Gasteiger partial charge in [0.2, 0.25) is 0 Å². The molecular weight excluding hydrogens is 216 g/mol. The number of rotatable bonds is 4. The molecule has 1 aromatic carbocycles. The summed E-state index contributed by atoms with van der Waals surface area (Å²) in [4.78, 5) is 11.2. The first-order chi connectivity index (χ1) is 8.20. The van der Waals surface area contributed by atoms with Crippen LogP contribution in [0.15, 0.2) is 18.2 Å². The SMILES string of the molecule is CCCCC(N)c1ccc2c(c1)NC(=O)CO2. The van der Waals surface area contributed by atoms with Crippen LogP contribution in [0.25, 0.3) is 0 Å². The van der Waals surface area contributed by atoms with Crippen molar-refractivity contribution >= 4 is 11.6 Å². The van der Waals surface area contributed by atoms with E-state index in [1.165, 1.54) is 0 Å². The van der Waals surface area contributed by atoms with E-state index < -0.39 is 0 Å². The topological polar surface area (TPSA) is 64.3 Å². The molecule has 0 aliphatic carbocycles. The Balaban J connectivity index is 2.14. The molecule has 1 aliphatic rings. The maximum atomic E-state index is 11.2. The van der Waals surface area contributed by atoms with Gasteiger partial charge in [-0.05, 0) is 24.1 Å². The summed E-state index contributed by atoms with van der Waals surface area (Å²) in [6, 6.07) is 5.78. The number of nitrogens with one attached hydrogen (secondary N) is 1. The normalized spacial score (nSPS) is 15.8. The molecular formula is C13H18N2O2. The number of unbranched alkanes of at least 4 members (excludes halogenated alkanes) is 1. The number of nitrogens with two attached hydrogens (primary N) is 1. The third-order valence-corrected chi connectivity index (χ3v) is 2.93. The summed E-state index contributed by atoms with van der Waals surface area (Å²) in [5.74, 6) is 0.604. The molecule has 0 spiro atoms. The van der Waals surface area contributed by atoms with Crippen LogP contribution in [0.5, 0.6) is 5.75 Å². The molecule has 3 N–H and O–H groups in total. The highest BCUT2D eigenvalue weighted by molar-refractivity contribution is 5.95. The van der Waals surface area contributed by atoms with Crippen molar-refractivity contribution in [3.63, 3.8) is 0 Å². The lowest BCUT2D eigenvalue weighted by Crippen LogP contribution is -2.25. The molecule has 1 aliphatic heterocycles. The number of hydrogen-bond donors (Lipinski definition) is 2. The summed E-state index contributed by atoms with van der Waals surface area (Å²) in [5, 5.41) is 2.79. The third kappa shape index (κ3) is 2.77. The number of carbonyl (C=O) groups is 1. The second kappa shape index (κ2) is 5.19. The number of anilines is 1. The number of hydrogen-bond acceptors (Lipinski definition) is 3. The quantitative estimate of drug-likeness (QED) is 0.839. The molecule has 4 heteroatoms. The van der Waals surface area contributed by atoms with Crippen LogP contribution in [0.4, 0.5) is 5.69 Å². The minimum absolute atomic E-state index is 0.0269. The van der Waals surface area contributed by atoms with Crippen LogP contribution in [0, 0.1) is 0 Å². The molecule has 0 saturated heterocycles. The molecule has 2 rings (SSSR count). The second-order valence-electron chi connectivity index (χ2n) is 4.34.